The van der Waals surface area contributed by atoms with E-state index >= 15 is 0 Å². The Morgan fingerprint density at radius 2 is 1.92 bits per heavy atom. The summed E-state index contributed by atoms with van der Waals surface area (Å²) in [7, 11) is 0. The zero-order valence-corrected chi connectivity index (χ0v) is 8.57. The van der Waals surface area contributed by atoms with Crippen molar-refractivity contribution in [2.24, 2.45) is 0 Å². The predicted octanol–water partition coefficient (Wildman–Crippen LogP) is 1.68. The smallest absolute Gasteiger partial charge is 0.155 e. The van der Waals surface area contributed by atoms with Gasteiger partial charge in [-0.15, -0.1) is 23.5 Å². The molecule has 0 aromatic rings. The van der Waals surface area contributed by atoms with Crippen LogP contribution >= 0.6 is 23.5 Å². The fourth-order valence-electron chi connectivity index (χ4n) is 1.57. The maximum absolute atomic E-state index is 9.19. The van der Waals surface area contributed by atoms with E-state index in [1.165, 1.54) is 17.9 Å². The van der Waals surface area contributed by atoms with Crippen molar-refractivity contribution in [2.45, 2.75) is 36.2 Å². The lowest BCUT2D eigenvalue weighted by molar-refractivity contribution is -0.0855. The molecule has 70 valence electrons. The van der Waals surface area contributed by atoms with Crippen LogP contribution < -0.4 is 0 Å². The largest absolute Gasteiger partial charge is 0.368 e. The van der Waals surface area contributed by atoms with Crippen LogP contribution in [0.5, 0.6) is 0 Å². The molecule has 12 heavy (non-hydrogen) atoms. The highest BCUT2D eigenvalue weighted by Gasteiger charge is 2.32. The van der Waals surface area contributed by atoms with Gasteiger partial charge in [0.1, 0.15) is 0 Å². The SMILES string of the molecule is OC1CC[C@@H](C2SCCCS2)O1. The predicted molar refractivity (Wildman–Crippen MR) is 53.4 cm³/mol. The Morgan fingerprint density at radius 1 is 1.17 bits per heavy atom. The van der Waals surface area contributed by atoms with E-state index in [9.17, 15) is 5.11 Å². The van der Waals surface area contributed by atoms with Crippen LogP contribution in [0, 0.1) is 0 Å². The number of ether oxygens (including phenoxy) is 1. The Bertz CT molecular complexity index is 145. The monoisotopic (exact) mass is 206 g/mol. The standard InChI is InChI=1S/C8H14O2S2/c9-7-3-2-6(10-7)8-11-4-1-5-12-8/h6-9H,1-5H2/t6-,7?/m0/s1. The summed E-state index contributed by atoms with van der Waals surface area (Å²) in [6.07, 6.45) is 2.99. The van der Waals surface area contributed by atoms with Gasteiger partial charge in [0.2, 0.25) is 0 Å². The lowest BCUT2D eigenvalue weighted by atomic mass is 10.2. The van der Waals surface area contributed by atoms with Crippen molar-refractivity contribution in [3.8, 4) is 0 Å². The lowest BCUT2D eigenvalue weighted by Gasteiger charge is -2.25. The molecule has 1 N–H and O–H groups in total. The van der Waals surface area contributed by atoms with Crippen LogP contribution in [-0.4, -0.2) is 33.6 Å². The summed E-state index contributed by atoms with van der Waals surface area (Å²) >= 11 is 3.98. The van der Waals surface area contributed by atoms with Gasteiger partial charge in [0.15, 0.2) is 6.29 Å². The highest BCUT2D eigenvalue weighted by molar-refractivity contribution is 8.17. The molecule has 0 bridgehead atoms. The van der Waals surface area contributed by atoms with Crippen LogP contribution in [-0.2, 0) is 4.74 Å². The first-order valence-electron chi connectivity index (χ1n) is 4.43. The highest BCUT2D eigenvalue weighted by atomic mass is 32.2. The number of rotatable bonds is 1. The molecule has 0 spiro atoms. The van der Waals surface area contributed by atoms with Crippen molar-refractivity contribution in [3.63, 3.8) is 0 Å². The second-order valence-corrected chi connectivity index (χ2v) is 5.97. The lowest BCUT2D eigenvalue weighted by Crippen LogP contribution is -2.24. The van der Waals surface area contributed by atoms with Crippen molar-refractivity contribution in [3.05, 3.63) is 0 Å². The fraction of sp³-hybridized carbons (Fsp3) is 1.00. The molecule has 2 nitrogen and oxygen atoms in total. The van der Waals surface area contributed by atoms with Gasteiger partial charge in [-0.05, 0) is 24.3 Å². The molecule has 2 saturated heterocycles. The molecule has 2 heterocycles. The maximum atomic E-state index is 9.19. The molecule has 2 aliphatic heterocycles. The third-order valence-electron chi connectivity index (χ3n) is 2.19. The molecule has 0 aromatic carbocycles. The van der Waals surface area contributed by atoms with Crippen molar-refractivity contribution >= 4 is 23.5 Å². The summed E-state index contributed by atoms with van der Waals surface area (Å²) in [5.74, 6) is 2.52. The third kappa shape index (κ3) is 2.10. The van der Waals surface area contributed by atoms with Gasteiger partial charge in [-0.1, -0.05) is 0 Å². The first-order chi connectivity index (χ1) is 5.86. The topological polar surface area (TPSA) is 29.5 Å². The Kier molecular flexibility index (Phi) is 3.23. The summed E-state index contributed by atoms with van der Waals surface area (Å²) in [5.41, 5.74) is 0. The Morgan fingerprint density at radius 3 is 2.50 bits per heavy atom. The zero-order chi connectivity index (χ0) is 8.39. The second-order valence-electron chi connectivity index (χ2n) is 3.17. The molecule has 0 aromatic heterocycles. The van der Waals surface area contributed by atoms with E-state index in [2.05, 4.69) is 0 Å². The van der Waals surface area contributed by atoms with Crippen LogP contribution in [0.15, 0.2) is 0 Å². The molecule has 4 heteroatoms. The van der Waals surface area contributed by atoms with Gasteiger partial charge in [0.25, 0.3) is 0 Å². The van der Waals surface area contributed by atoms with Crippen molar-refractivity contribution < 1.29 is 9.84 Å². The molecule has 0 amide bonds. The van der Waals surface area contributed by atoms with E-state index in [1.807, 2.05) is 23.5 Å². The highest BCUT2D eigenvalue weighted by Crippen LogP contribution is 2.38. The van der Waals surface area contributed by atoms with Gasteiger partial charge in [-0.2, -0.15) is 0 Å². The molecular weight excluding hydrogens is 192 g/mol. The number of hydrogen-bond donors (Lipinski definition) is 1. The third-order valence-corrected chi connectivity index (χ3v) is 5.32. The number of aliphatic hydroxyl groups is 1. The minimum absolute atomic E-state index is 0.301. The molecule has 0 aliphatic carbocycles. The molecule has 2 fully saturated rings. The van der Waals surface area contributed by atoms with Gasteiger partial charge in [0.05, 0.1) is 10.7 Å². The summed E-state index contributed by atoms with van der Waals surface area (Å²) in [6.45, 7) is 0. The zero-order valence-electron chi connectivity index (χ0n) is 6.94. The van der Waals surface area contributed by atoms with Crippen LogP contribution in [0.3, 0.4) is 0 Å². The van der Waals surface area contributed by atoms with E-state index in [-0.39, 0.29) is 0 Å². The van der Waals surface area contributed by atoms with E-state index in [0.717, 1.165) is 12.8 Å². The second kappa shape index (κ2) is 4.22. The van der Waals surface area contributed by atoms with Gasteiger partial charge in [-0.25, -0.2) is 0 Å². The number of thioether (sulfide) groups is 2. The van der Waals surface area contributed by atoms with Crippen LogP contribution in [0.25, 0.3) is 0 Å². The Labute approximate surface area is 81.4 Å². The fourth-order valence-corrected chi connectivity index (χ4v) is 4.63. The molecule has 0 saturated carbocycles. The van der Waals surface area contributed by atoms with E-state index in [1.54, 1.807) is 0 Å². The van der Waals surface area contributed by atoms with Crippen molar-refractivity contribution in [1.29, 1.82) is 0 Å². The van der Waals surface area contributed by atoms with Gasteiger partial charge in [0, 0.05) is 6.42 Å². The summed E-state index contributed by atoms with van der Waals surface area (Å²) in [6, 6.07) is 0. The van der Waals surface area contributed by atoms with Crippen molar-refractivity contribution in [1.82, 2.24) is 0 Å². The first kappa shape index (κ1) is 9.19. The van der Waals surface area contributed by atoms with Crippen LogP contribution in [0.1, 0.15) is 19.3 Å². The van der Waals surface area contributed by atoms with Crippen molar-refractivity contribution in [2.75, 3.05) is 11.5 Å². The first-order valence-corrected chi connectivity index (χ1v) is 6.53. The Hall–Kier alpha value is 0.620. The van der Waals surface area contributed by atoms with Gasteiger partial charge < -0.3 is 9.84 Å². The normalized spacial score (nSPS) is 38.8. The minimum Gasteiger partial charge on any atom is -0.368 e. The average Bonchev–Trinajstić information content (AvgIpc) is 2.54. The van der Waals surface area contributed by atoms with E-state index < -0.39 is 6.29 Å². The van der Waals surface area contributed by atoms with Gasteiger partial charge >= 0.3 is 0 Å². The minimum atomic E-state index is -0.488. The van der Waals surface area contributed by atoms with Gasteiger partial charge in [-0.3, -0.25) is 0 Å². The number of aliphatic hydroxyl groups excluding tert-OH is 1. The molecule has 2 aliphatic rings. The molecular formula is C8H14O2S2. The Balaban J connectivity index is 1.83. The average molecular weight is 206 g/mol. The summed E-state index contributed by atoms with van der Waals surface area (Å²) < 4.78 is 5.99. The van der Waals surface area contributed by atoms with E-state index in [4.69, 9.17) is 4.74 Å². The molecule has 2 atom stereocenters. The molecule has 2 rings (SSSR count). The molecule has 0 radical (unpaired) electrons. The summed E-state index contributed by atoms with van der Waals surface area (Å²) in [4.78, 5) is 0. The summed E-state index contributed by atoms with van der Waals surface area (Å²) in [5, 5.41) is 9.19. The molecule has 1 unspecified atom stereocenters. The maximum Gasteiger partial charge on any atom is 0.155 e. The quantitative estimate of drug-likeness (QED) is 0.707. The van der Waals surface area contributed by atoms with E-state index in [0.29, 0.717) is 10.7 Å². The van der Waals surface area contributed by atoms with Crippen LogP contribution in [0.4, 0.5) is 0 Å². The van der Waals surface area contributed by atoms with Crippen LogP contribution in [0.2, 0.25) is 0 Å². The number of hydrogen-bond acceptors (Lipinski definition) is 4.